The lowest BCUT2D eigenvalue weighted by Gasteiger charge is -2.08. The monoisotopic (exact) mass is 397 g/mol. The Labute approximate surface area is 157 Å². The van der Waals surface area contributed by atoms with Crippen LogP contribution in [0.5, 0.6) is 5.75 Å². The summed E-state index contributed by atoms with van der Waals surface area (Å²) in [5.74, 6) is -2.12. The van der Waals surface area contributed by atoms with Crippen LogP contribution < -0.4 is 10.1 Å². The van der Waals surface area contributed by atoms with Crippen LogP contribution >= 0.6 is 0 Å². The van der Waals surface area contributed by atoms with Crippen LogP contribution in [0.2, 0.25) is 0 Å². The zero-order chi connectivity index (χ0) is 20.7. The third-order valence-electron chi connectivity index (χ3n) is 3.43. The second-order valence-electron chi connectivity index (χ2n) is 5.46. The molecule has 0 fully saturated rings. The molecule has 0 radical (unpaired) electrons. The third-order valence-corrected chi connectivity index (χ3v) is 3.43. The van der Waals surface area contributed by atoms with Gasteiger partial charge in [-0.1, -0.05) is 6.07 Å². The summed E-state index contributed by atoms with van der Waals surface area (Å²) in [4.78, 5) is 23.3. The number of esters is 1. The molecule has 2 rings (SSSR count). The van der Waals surface area contributed by atoms with E-state index in [4.69, 9.17) is 9.47 Å². The summed E-state index contributed by atoms with van der Waals surface area (Å²) in [7, 11) is 1.32. The molecule has 0 aliphatic heterocycles. The average Bonchev–Trinajstić information content (AvgIpc) is 2.64. The second-order valence-corrected chi connectivity index (χ2v) is 5.46. The topological polar surface area (TPSA) is 64.6 Å². The predicted octanol–water partition coefficient (Wildman–Crippen LogP) is 4.05. The van der Waals surface area contributed by atoms with Crippen LogP contribution in [0.15, 0.2) is 48.5 Å². The van der Waals surface area contributed by atoms with Crippen LogP contribution in [-0.2, 0) is 20.5 Å². The van der Waals surface area contributed by atoms with Gasteiger partial charge in [0.2, 0.25) is 0 Å². The Bertz CT molecular complexity index is 876. The van der Waals surface area contributed by atoms with Gasteiger partial charge in [-0.15, -0.1) is 0 Å². The van der Waals surface area contributed by atoms with Crippen LogP contribution in [0.25, 0.3) is 6.08 Å². The van der Waals surface area contributed by atoms with Crippen LogP contribution in [0.1, 0.15) is 11.1 Å². The minimum absolute atomic E-state index is 0.0552. The fourth-order valence-electron chi connectivity index (χ4n) is 2.07. The number of rotatable bonds is 6. The zero-order valence-electron chi connectivity index (χ0n) is 14.5. The van der Waals surface area contributed by atoms with Crippen molar-refractivity contribution >= 4 is 23.6 Å². The lowest BCUT2D eigenvalue weighted by Crippen LogP contribution is -2.20. The molecule has 0 atom stereocenters. The maximum Gasteiger partial charge on any atom is 0.416 e. The van der Waals surface area contributed by atoms with Crippen molar-refractivity contribution in [3.8, 4) is 5.75 Å². The van der Waals surface area contributed by atoms with E-state index in [1.54, 1.807) is 0 Å². The molecular weight excluding hydrogens is 382 g/mol. The first kappa shape index (κ1) is 20.9. The van der Waals surface area contributed by atoms with Gasteiger partial charge >= 0.3 is 12.1 Å². The number of amides is 1. The predicted molar refractivity (Wildman–Crippen MR) is 93.0 cm³/mol. The van der Waals surface area contributed by atoms with E-state index in [0.29, 0.717) is 5.56 Å². The summed E-state index contributed by atoms with van der Waals surface area (Å²) >= 11 is 0. The number of carbonyl (C=O) groups excluding carboxylic acids is 2. The molecule has 148 valence electrons. The van der Waals surface area contributed by atoms with Gasteiger partial charge in [-0.05, 0) is 48.0 Å². The Morgan fingerprint density at radius 2 is 1.79 bits per heavy atom. The molecule has 0 heterocycles. The van der Waals surface area contributed by atoms with Crippen LogP contribution in [0.3, 0.4) is 0 Å². The number of hydrogen-bond donors (Lipinski definition) is 1. The van der Waals surface area contributed by atoms with Gasteiger partial charge in [0.1, 0.15) is 0 Å². The van der Waals surface area contributed by atoms with Gasteiger partial charge in [0.15, 0.2) is 18.2 Å². The number of anilines is 1. The maximum atomic E-state index is 13.5. The number of nitrogens with one attached hydrogen (secondary N) is 1. The quantitative estimate of drug-likeness (QED) is 0.454. The van der Waals surface area contributed by atoms with Crippen molar-refractivity contribution in [1.29, 1.82) is 0 Å². The minimum atomic E-state index is -4.47. The molecule has 0 saturated heterocycles. The molecule has 0 aromatic heterocycles. The standard InChI is InChI=1S/C19H15F4NO4/c1-27-16-8-2-12(10-15(16)20)3-9-18(26)28-11-17(25)24-14-6-4-13(5-7-14)19(21,22)23/h2-10H,11H2,1H3,(H,24,25)/b9-3+. The summed E-state index contributed by atoms with van der Waals surface area (Å²) in [5, 5.41) is 2.30. The largest absolute Gasteiger partial charge is 0.494 e. The molecule has 0 aliphatic rings. The Hall–Kier alpha value is -3.36. The highest BCUT2D eigenvalue weighted by Gasteiger charge is 2.29. The van der Waals surface area contributed by atoms with Crippen molar-refractivity contribution in [3.63, 3.8) is 0 Å². The average molecular weight is 397 g/mol. The molecule has 2 aromatic rings. The Morgan fingerprint density at radius 1 is 1.11 bits per heavy atom. The number of halogens is 4. The van der Waals surface area contributed by atoms with Gasteiger partial charge in [0.25, 0.3) is 5.91 Å². The fourth-order valence-corrected chi connectivity index (χ4v) is 2.07. The molecule has 0 unspecified atom stereocenters. The highest BCUT2D eigenvalue weighted by Crippen LogP contribution is 2.29. The molecule has 5 nitrogen and oxygen atoms in total. The molecule has 0 saturated carbocycles. The van der Waals surface area contributed by atoms with Crippen molar-refractivity contribution in [2.24, 2.45) is 0 Å². The number of carbonyl (C=O) groups is 2. The van der Waals surface area contributed by atoms with Gasteiger partial charge < -0.3 is 14.8 Å². The van der Waals surface area contributed by atoms with Crippen molar-refractivity contribution in [1.82, 2.24) is 0 Å². The third kappa shape index (κ3) is 6.11. The summed E-state index contributed by atoms with van der Waals surface area (Å²) in [6.07, 6.45) is -2.18. The van der Waals surface area contributed by atoms with Gasteiger partial charge in [0, 0.05) is 11.8 Å². The van der Waals surface area contributed by atoms with Crippen molar-refractivity contribution in [3.05, 3.63) is 65.5 Å². The first-order chi connectivity index (χ1) is 13.2. The first-order valence-electron chi connectivity index (χ1n) is 7.84. The summed E-state index contributed by atoms with van der Waals surface area (Å²) in [5.41, 5.74) is -0.347. The molecule has 1 N–H and O–H groups in total. The fraction of sp³-hybridized carbons (Fsp3) is 0.158. The Balaban J connectivity index is 1.83. The van der Waals surface area contributed by atoms with E-state index in [9.17, 15) is 27.2 Å². The summed E-state index contributed by atoms with van der Waals surface area (Å²) in [6, 6.07) is 7.86. The zero-order valence-corrected chi connectivity index (χ0v) is 14.5. The molecular formula is C19H15F4NO4. The minimum Gasteiger partial charge on any atom is -0.494 e. The molecule has 0 aliphatic carbocycles. The van der Waals surface area contributed by atoms with Gasteiger partial charge in [-0.25, -0.2) is 9.18 Å². The highest BCUT2D eigenvalue weighted by atomic mass is 19.4. The van der Waals surface area contributed by atoms with Crippen LogP contribution in [0, 0.1) is 5.82 Å². The van der Waals surface area contributed by atoms with E-state index in [1.165, 1.54) is 25.3 Å². The van der Waals surface area contributed by atoms with E-state index >= 15 is 0 Å². The molecule has 0 bridgehead atoms. The summed E-state index contributed by atoms with van der Waals surface area (Å²) in [6.45, 7) is -0.638. The molecule has 0 spiro atoms. The smallest absolute Gasteiger partial charge is 0.416 e. The van der Waals surface area contributed by atoms with E-state index in [2.05, 4.69) is 5.32 Å². The van der Waals surface area contributed by atoms with Crippen LogP contribution in [-0.4, -0.2) is 25.6 Å². The van der Waals surface area contributed by atoms with Gasteiger partial charge in [0.05, 0.1) is 12.7 Å². The van der Waals surface area contributed by atoms with Gasteiger partial charge in [-0.3, -0.25) is 4.79 Å². The lowest BCUT2D eigenvalue weighted by atomic mass is 10.2. The molecule has 28 heavy (non-hydrogen) atoms. The first-order valence-corrected chi connectivity index (χ1v) is 7.84. The van der Waals surface area contributed by atoms with Crippen molar-refractivity contribution < 1.29 is 36.6 Å². The maximum absolute atomic E-state index is 13.5. The number of alkyl halides is 3. The Morgan fingerprint density at radius 3 is 2.36 bits per heavy atom. The number of benzene rings is 2. The Kier molecular flexibility index (Phi) is 6.75. The van der Waals surface area contributed by atoms with Crippen molar-refractivity contribution in [2.75, 3.05) is 19.0 Å². The van der Waals surface area contributed by atoms with E-state index in [0.717, 1.165) is 36.4 Å². The number of hydrogen-bond acceptors (Lipinski definition) is 4. The number of methoxy groups -OCH3 is 1. The highest BCUT2D eigenvalue weighted by molar-refractivity contribution is 5.94. The van der Waals surface area contributed by atoms with E-state index in [1.807, 2.05) is 0 Å². The van der Waals surface area contributed by atoms with E-state index in [-0.39, 0.29) is 11.4 Å². The normalized spacial score (nSPS) is 11.3. The van der Waals surface area contributed by atoms with E-state index < -0.39 is 36.0 Å². The second kappa shape index (κ2) is 9.03. The molecule has 2 aromatic carbocycles. The van der Waals surface area contributed by atoms with Crippen molar-refractivity contribution in [2.45, 2.75) is 6.18 Å². The summed E-state index contributed by atoms with van der Waals surface area (Å²) < 4.78 is 60.4. The molecule has 1 amide bonds. The van der Waals surface area contributed by atoms with Gasteiger partial charge in [-0.2, -0.15) is 13.2 Å². The van der Waals surface area contributed by atoms with Crippen LogP contribution in [0.4, 0.5) is 23.2 Å². The molecule has 9 heteroatoms. The SMILES string of the molecule is COc1ccc(/C=C/C(=O)OCC(=O)Nc2ccc(C(F)(F)F)cc2)cc1F. The lowest BCUT2D eigenvalue weighted by molar-refractivity contribution is -0.142. The number of ether oxygens (including phenoxy) is 2.